The first kappa shape index (κ1) is 11.6. The quantitative estimate of drug-likeness (QED) is 0.863. The van der Waals surface area contributed by atoms with Gasteiger partial charge in [-0.15, -0.1) is 11.3 Å². The molecule has 0 aromatic carbocycles. The number of aromatic carboxylic acids is 1. The molecule has 0 unspecified atom stereocenters. The summed E-state index contributed by atoms with van der Waals surface area (Å²) in [7, 11) is 0. The predicted octanol–water partition coefficient (Wildman–Crippen LogP) is 1.39. The molecule has 2 rings (SSSR count). The van der Waals surface area contributed by atoms with E-state index in [0.29, 0.717) is 17.3 Å². The number of hydrogen-bond acceptors (Lipinski definition) is 5. The van der Waals surface area contributed by atoms with E-state index in [-0.39, 0.29) is 21.6 Å². The van der Waals surface area contributed by atoms with Crippen LogP contribution in [0.15, 0.2) is 4.79 Å². The number of nitrogens with one attached hydrogen (secondary N) is 1. The highest BCUT2D eigenvalue weighted by Crippen LogP contribution is 2.34. The van der Waals surface area contributed by atoms with Crippen LogP contribution in [-0.4, -0.2) is 27.7 Å². The number of ether oxygens (including phenoxy) is 1. The molecule has 0 aliphatic rings. The zero-order chi connectivity index (χ0) is 12.6. The molecule has 0 saturated heterocycles. The number of carbonyl (C=O) groups is 1. The van der Waals surface area contributed by atoms with E-state index in [1.807, 2.05) is 0 Å². The van der Waals surface area contributed by atoms with Crippen LogP contribution in [-0.2, 0) is 0 Å². The van der Waals surface area contributed by atoms with Crippen molar-refractivity contribution in [3.63, 3.8) is 0 Å². The molecule has 0 saturated carbocycles. The van der Waals surface area contributed by atoms with E-state index >= 15 is 0 Å². The molecule has 2 aromatic rings. The summed E-state index contributed by atoms with van der Waals surface area (Å²) in [5.74, 6) is -0.564. The summed E-state index contributed by atoms with van der Waals surface area (Å²) in [5.41, 5.74) is -0.375. The monoisotopic (exact) mass is 254 g/mol. The van der Waals surface area contributed by atoms with Gasteiger partial charge in [0.2, 0.25) is 0 Å². The molecule has 0 bridgehead atoms. The fourth-order valence-corrected chi connectivity index (χ4v) is 2.52. The molecule has 2 heterocycles. The maximum Gasteiger partial charge on any atom is 0.349 e. The van der Waals surface area contributed by atoms with Crippen molar-refractivity contribution in [3.05, 3.63) is 21.1 Å². The number of aromatic amines is 1. The first-order chi connectivity index (χ1) is 8.04. The van der Waals surface area contributed by atoms with E-state index in [9.17, 15) is 9.59 Å². The maximum atomic E-state index is 11.8. The fraction of sp³-hybridized carbons (Fsp3) is 0.300. The van der Waals surface area contributed by atoms with Crippen molar-refractivity contribution in [1.82, 2.24) is 9.97 Å². The van der Waals surface area contributed by atoms with Gasteiger partial charge < -0.3 is 14.8 Å². The SMILES string of the molecule is CCOc1c(C(=O)O)sc2nc(C)[nH]c(=O)c12. The Morgan fingerprint density at radius 2 is 2.29 bits per heavy atom. The molecule has 2 aromatic heterocycles. The van der Waals surface area contributed by atoms with Gasteiger partial charge in [0.05, 0.1) is 6.61 Å². The Kier molecular flexibility index (Phi) is 2.84. The second-order valence-electron chi connectivity index (χ2n) is 3.33. The third-order valence-corrected chi connectivity index (χ3v) is 3.17. The lowest BCUT2D eigenvalue weighted by Crippen LogP contribution is -2.10. The Morgan fingerprint density at radius 1 is 1.59 bits per heavy atom. The minimum Gasteiger partial charge on any atom is -0.491 e. The standard InChI is InChI=1S/C10H10N2O4S/c1-3-16-6-5-8(13)11-4(2)12-9(5)17-7(6)10(14)15/h3H2,1-2H3,(H,14,15)(H,11,12,13). The van der Waals surface area contributed by atoms with Gasteiger partial charge in [-0.3, -0.25) is 4.79 Å². The van der Waals surface area contributed by atoms with E-state index in [2.05, 4.69) is 9.97 Å². The largest absolute Gasteiger partial charge is 0.491 e. The van der Waals surface area contributed by atoms with E-state index < -0.39 is 5.97 Å². The van der Waals surface area contributed by atoms with E-state index in [0.717, 1.165) is 11.3 Å². The average Bonchev–Trinajstić information content (AvgIpc) is 2.57. The minimum atomic E-state index is -1.12. The molecular formula is C10H10N2O4S. The van der Waals surface area contributed by atoms with Crippen molar-refractivity contribution in [2.75, 3.05) is 6.61 Å². The van der Waals surface area contributed by atoms with Crippen molar-refractivity contribution >= 4 is 27.5 Å². The van der Waals surface area contributed by atoms with E-state index in [4.69, 9.17) is 9.84 Å². The van der Waals surface area contributed by atoms with E-state index in [1.165, 1.54) is 0 Å². The van der Waals surface area contributed by atoms with Gasteiger partial charge >= 0.3 is 5.97 Å². The normalized spacial score (nSPS) is 10.7. The van der Waals surface area contributed by atoms with Crippen molar-refractivity contribution in [3.8, 4) is 5.75 Å². The molecule has 6 nitrogen and oxygen atoms in total. The lowest BCUT2D eigenvalue weighted by molar-refractivity contribution is 0.0698. The lowest BCUT2D eigenvalue weighted by atomic mass is 10.3. The van der Waals surface area contributed by atoms with Crippen LogP contribution in [0.2, 0.25) is 0 Å². The number of fused-ring (bicyclic) bond motifs is 1. The number of nitrogens with zero attached hydrogens (tertiary/aromatic N) is 1. The molecule has 90 valence electrons. The van der Waals surface area contributed by atoms with Gasteiger partial charge in [0.1, 0.15) is 16.0 Å². The second-order valence-corrected chi connectivity index (χ2v) is 4.33. The number of rotatable bonds is 3. The van der Waals surface area contributed by atoms with Gasteiger partial charge in [-0.2, -0.15) is 0 Å². The van der Waals surface area contributed by atoms with Gasteiger partial charge in [-0.25, -0.2) is 9.78 Å². The van der Waals surface area contributed by atoms with Crippen molar-refractivity contribution in [1.29, 1.82) is 0 Å². The number of carboxylic acid groups (broad SMARTS) is 1. The molecule has 2 N–H and O–H groups in total. The van der Waals surface area contributed by atoms with Gasteiger partial charge in [0, 0.05) is 0 Å². The first-order valence-electron chi connectivity index (χ1n) is 4.94. The number of aryl methyl sites for hydroxylation is 1. The molecule has 17 heavy (non-hydrogen) atoms. The van der Waals surface area contributed by atoms with Gasteiger partial charge in [-0.1, -0.05) is 0 Å². The van der Waals surface area contributed by atoms with Crippen LogP contribution >= 0.6 is 11.3 Å². The molecule has 0 fully saturated rings. The van der Waals surface area contributed by atoms with Crippen LogP contribution in [0.5, 0.6) is 5.75 Å². The Morgan fingerprint density at radius 3 is 2.88 bits per heavy atom. The molecule has 0 radical (unpaired) electrons. The van der Waals surface area contributed by atoms with Crippen molar-refractivity contribution < 1.29 is 14.6 Å². The first-order valence-corrected chi connectivity index (χ1v) is 5.75. The van der Waals surface area contributed by atoms with Crippen molar-refractivity contribution in [2.24, 2.45) is 0 Å². The van der Waals surface area contributed by atoms with E-state index in [1.54, 1.807) is 13.8 Å². The third kappa shape index (κ3) is 1.89. The smallest absolute Gasteiger partial charge is 0.349 e. The summed E-state index contributed by atoms with van der Waals surface area (Å²) in [5, 5.41) is 9.25. The van der Waals surface area contributed by atoms with Crippen molar-refractivity contribution in [2.45, 2.75) is 13.8 Å². The van der Waals surface area contributed by atoms with Crippen LogP contribution in [0, 0.1) is 6.92 Å². The van der Waals surface area contributed by atoms with Crippen LogP contribution < -0.4 is 10.3 Å². The van der Waals surface area contributed by atoms with Crippen LogP contribution in [0.1, 0.15) is 22.4 Å². The summed E-state index contributed by atoms with van der Waals surface area (Å²) >= 11 is 0.945. The summed E-state index contributed by atoms with van der Waals surface area (Å²) < 4.78 is 5.24. The Hall–Kier alpha value is -1.89. The highest BCUT2D eigenvalue weighted by atomic mass is 32.1. The lowest BCUT2D eigenvalue weighted by Gasteiger charge is -2.01. The highest BCUT2D eigenvalue weighted by Gasteiger charge is 2.22. The summed E-state index contributed by atoms with van der Waals surface area (Å²) in [4.78, 5) is 29.8. The van der Waals surface area contributed by atoms with Crippen LogP contribution in [0.4, 0.5) is 0 Å². The molecule has 0 atom stereocenters. The topological polar surface area (TPSA) is 92.3 Å². The molecule has 0 aliphatic carbocycles. The van der Waals surface area contributed by atoms with Gasteiger partial charge in [0.25, 0.3) is 5.56 Å². The average molecular weight is 254 g/mol. The summed E-state index contributed by atoms with van der Waals surface area (Å²) in [6.07, 6.45) is 0. The molecule has 7 heteroatoms. The molecule has 0 aliphatic heterocycles. The number of thiophene rings is 1. The minimum absolute atomic E-state index is 0.00505. The third-order valence-electron chi connectivity index (χ3n) is 2.12. The summed E-state index contributed by atoms with van der Waals surface area (Å²) in [6, 6.07) is 0. The Labute approximate surface area is 99.9 Å². The second kappa shape index (κ2) is 4.17. The van der Waals surface area contributed by atoms with Gasteiger partial charge in [0.15, 0.2) is 10.6 Å². The molecule has 0 spiro atoms. The zero-order valence-corrected chi connectivity index (χ0v) is 10.1. The number of H-pyrrole nitrogens is 1. The Balaban J connectivity index is 2.85. The molecular weight excluding hydrogens is 244 g/mol. The number of aromatic nitrogens is 2. The highest BCUT2D eigenvalue weighted by molar-refractivity contribution is 7.20. The predicted molar refractivity (Wildman–Crippen MR) is 63.1 cm³/mol. The maximum absolute atomic E-state index is 11.8. The Bertz CT molecular complexity index is 644. The fourth-order valence-electron chi connectivity index (χ4n) is 1.51. The number of hydrogen-bond donors (Lipinski definition) is 2. The van der Waals surface area contributed by atoms with Crippen LogP contribution in [0.25, 0.3) is 10.2 Å². The van der Waals surface area contributed by atoms with Crippen LogP contribution in [0.3, 0.4) is 0 Å². The molecule has 0 amide bonds. The zero-order valence-electron chi connectivity index (χ0n) is 9.23. The van der Waals surface area contributed by atoms with Gasteiger partial charge in [-0.05, 0) is 13.8 Å². The summed E-state index contributed by atoms with van der Waals surface area (Å²) in [6.45, 7) is 3.66. The number of carboxylic acids is 1.